The Morgan fingerprint density at radius 3 is 1.54 bits per heavy atom. The molecule has 70 valence electrons. The van der Waals surface area contributed by atoms with E-state index in [0.29, 0.717) is 5.92 Å². The molecule has 1 aromatic carbocycles. The molecule has 0 unspecified atom stereocenters. The van der Waals surface area contributed by atoms with E-state index in [1.54, 1.807) is 0 Å². The van der Waals surface area contributed by atoms with Gasteiger partial charge in [0.2, 0.25) is 0 Å². The molecule has 0 aliphatic rings. The maximum atomic E-state index is 3.72. The van der Waals surface area contributed by atoms with Crippen molar-refractivity contribution in [3.8, 4) is 0 Å². The third-order valence-corrected chi connectivity index (χ3v) is 0.843. The first kappa shape index (κ1) is 19.0. The first-order valence-electron chi connectivity index (χ1n) is 3.83. The minimum atomic E-state index is 0. The van der Waals surface area contributed by atoms with Crippen molar-refractivity contribution in [2.75, 3.05) is 0 Å². The number of benzene rings is 1. The molecule has 0 atom stereocenters. The van der Waals surface area contributed by atoms with E-state index in [-0.39, 0.29) is 40.0 Å². The Morgan fingerprint density at radius 2 is 1.38 bits per heavy atom. The van der Waals surface area contributed by atoms with E-state index >= 15 is 0 Å². The molecule has 0 saturated carbocycles. The van der Waals surface area contributed by atoms with Gasteiger partial charge in [-0.1, -0.05) is 19.9 Å². The van der Waals surface area contributed by atoms with E-state index in [2.05, 4.69) is 27.7 Å². The third kappa shape index (κ3) is 19.0. The molecule has 0 aliphatic carbocycles. The second-order valence-electron chi connectivity index (χ2n) is 2.88. The topological polar surface area (TPSA) is 0 Å². The number of hydrogen-bond donors (Lipinski definition) is 0. The minimum Gasteiger partial charge on any atom is -0.341 e. The Balaban J connectivity index is -0.000000150. The average Bonchev–Trinajstić information content (AvgIpc) is 1.87. The molecule has 2 heteroatoms. The summed E-state index contributed by atoms with van der Waals surface area (Å²) in [5.41, 5.74) is 1.07. The zero-order valence-corrected chi connectivity index (χ0v) is 11.6. The summed E-state index contributed by atoms with van der Waals surface area (Å²) in [6, 6.07) is 9.87. The van der Waals surface area contributed by atoms with Crippen LogP contribution in [0.2, 0.25) is 0 Å². The molecule has 0 bridgehead atoms. The van der Waals surface area contributed by atoms with Crippen molar-refractivity contribution >= 4 is 40.0 Å². The number of halogens is 1. The van der Waals surface area contributed by atoms with Gasteiger partial charge in [-0.3, -0.25) is 0 Å². The zero-order valence-electron chi connectivity index (χ0n) is 8.49. The van der Waals surface area contributed by atoms with Crippen LogP contribution in [0.3, 0.4) is 0 Å². The second kappa shape index (κ2) is 12.3. The van der Waals surface area contributed by atoms with E-state index < -0.39 is 0 Å². The molecule has 13 heavy (non-hydrogen) atoms. The van der Waals surface area contributed by atoms with Gasteiger partial charge >= 0.3 is 23.1 Å². The molecule has 0 N–H and O–H groups in total. The van der Waals surface area contributed by atoms with Crippen molar-refractivity contribution < 1.29 is 0 Å². The molecular formula is C11H17BrMg. The number of hydrogen-bond acceptors (Lipinski definition) is 0. The fourth-order valence-corrected chi connectivity index (χ4v) is 0.478. The fraction of sp³-hybridized carbons (Fsp3) is 0.273. The van der Waals surface area contributed by atoms with Crippen LogP contribution < -0.4 is 0 Å². The summed E-state index contributed by atoms with van der Waals surface area (Å²) < 4.78 is 0. The summed E-state index contributed by atoms with van der Waals surface area (Å²) >= 11 is 0. The Labute approximate surface area is 109 Å². The largest absolute Gasteiger partial charge is 2.00 e. The van der Waals surface area contributed by atoms with Gasteiger partial charge in [0.25, 0.3) is 0 Å². The van der Waals surface area contributed by atoms with Gasteiger partial charge in [-0.05, 0) is 0 Å². The quantitative estimate of drug-likeness (QED) is 0.490. The molecule has 0 fully saturated rings. The van der Waals surface area contributed by atoms with Crippen molar-refractivity contribution in [3.63, 3.8) is 0 Å². The predicted molar refractivity (Wildman–Crippen MR) is 67.2 cm³/mol. The van der Waals surface area contributed by atoms with E-state index in [4.69, 9.17) is 0 Å². The van der Waals surface area contributed by atoms with Crippen molar-refractivity contribution in [2.45, 2.75) is 13.8 Å². The molecule has 0 saturated heterocycles. The average molecular weight is 253 g/mol. The molecule has 1 rings (SSSR count). The van der Waals surface area contributed by atoms with Gasteiger partial charge in [0.1, 0.15) is 0 Å². The molecule has 0 aromatic heterocycles. The molecule has 0 aliphatic heterocycles. The van der Waals surface area contributed by atoms with Crippen molar-refractivity contribution in [1.82, 2.24) is 0 Å². The monoisotopic (exact) mass is 252 g/mol. The van der Waals surface area contributed by atoms with Crippen LogP contribution in [-0.2, 0) is 0 Å². The normalized spacial score (nSPS) is 7.38. The maximum Gasteiger partial charge on any atom is 2.00 e. The Bertz CT molecular complexity index is 170. The zero-order chi connectivity index (χ0) is 8.69. The van der Waals surface area contributed by atoms with Crippen LogP contribution in [0.5, 0.6) is 0 Å². The summed E-state index contributed by atoms with van der Waals surface area (Å²) in [5, 5.41) is 0. The van der Waals surface area contributed by atoms with Gasteiger partial charge in [0.05, 0.1) is 0 Å². The van der Waals surface area contributed by atoms with Crippen LogP contribution in [0.4, 0.5) is 0 Å². The van der Waals surface area contributed by atoms with Crippen molar-refractivity contribution in [2.24, 2.45) is 5.92 Å². The molecular weight excluding hydrogens is 236 g/mol. The van der Waals surface area contributed by atoms with Gasteiger partial charge in [0, 0.05) is 0 Å². The van der Waals surface area contributed by atoms with E-state index in [0.717, 1.165) is 5.56 Å². The van der Waals surface area contributed by atoms with E-state index in [9.17, 15) is 0 Å². The van der Waals surface area contributed by atoms with Gasteiger partial charge in [-0.25, -0.2) is 0 Å². The molecule has 0 amide bonds. The van der Waals surface area contributed by atoms with E-state index in [1.165, 1.54) is 0 Å². The van der Waals surface area contributed by atoms with Crippen LogP contribution in [0, 0.1) is 19.8 Å². The van der Waals surface area contributed by atoms with E-state index in [1.807, 2.05) is 30.3 Å². The van der Waals surface area contributed by atoms with Gasteiger partial charge in [-0.15, -0.1) is 29.1 Å². The maximum absolute atomic E-state index is 3.72. The first-order chi connectivity index (χ1) is 5.13. The van der Waals surface area contributed by atoms with Crippen LogP contribution >= 0.6 is 17.0 Å². The standard InChI is InChI=1S/C7H7.C4H9.BrH.Mg/c1-7-5-3-2-4-6-7;1-4(2)3;;/h2-6H,1H2;4H,1H2,2-3H3;1H;/q2*-1;;+2. The van der Waals surface area contributed by atoms with Crippen molar-refractivity contribution in [3.05, 3.63) is 49.7 Å². The van der Waals surface area contributed by atoms with Crippen LogP contribution in [0.1, 0.15) is 19.4 Å². The summed E-state index contributed by atoms with van der Waals surface area (Å²) in [5.74, 6) is 0.583. The summed E-state index contributed by atoms with van der Waals surface area (Å²) in [6.07, 6.45) is 0. The second-order valence-corrected chi connectivity index (χ2v) is 2.88. The Kier molecular flexibility index (Phi) is 18.0. The van der Waals surface area contributed by atoms with Crippen LogP contribution in [0.25, 0.3) is 0 Å². The summed E-state index contributed by atoms with van der Waals surface area (Å²) in [4.78, 5) is 0. The predicted octanol–water partition coefficient (Wildman–Crippen LogP) is 3.54. The summed E-state index contributed by atoms with van der Waals surface area (Å²) in [6.45, 7) is 11.5. The molecule has 0 nitrogen and oxygen atoms in total. The Hall–Kier alpha value is 0.336. The van der Waals surface area contributed by atoms with Crippen LogP contribution in [0.15, 0.2) is 30.3 Å². The molecule has 0 spiro atoms. The molecule has 1 aromatic rings. The van der Waals surface area contributed by atoms with Crippen LogP contribution in [-0.4, -0.2) is 23.1 Å². The number of rotatable bonds is 0. The minimum absolute atomic E-state index is 0. The van der Waals surface area contributed by atoms with Gasteiger partial charge < -0.3 is 6.92 Å². The first-order valence-corrected chi connectivity index (χ1v) is 3.83. The summed E-state index contributed by atoms with van der Waals surface area (Å²) in [7, 11) is 0. The molecule has 0 radical (unpaired) electrons. The van der Waals surface area contributed by atoms with Crippen molar-refractivity contribution in [1.29, 1.82) is 0 Å². The smallest absolute Gasteiger partial charge is 0.341 e. The molecule has 0 heterocycles. The third-order valence-electron chi connectivity index (χ3n) is 0.843. The Morgan fingerprint density at radius 1 is 1.08 bits per heavy atom. The van der Waals surface area contributed by atoms with Gasteiger partial charge in [-0.2, -0.15) is 30.5 Å². The van der Waals surface area contributed by atoms with Gasteiger partial charge in [0.15, 0.2) is 0 Å². The SMILES string of the molecule is Br.[CH2-]C(C)C.[CH2-]c1ccccc1.[Mg+2]. The fourth-order valence-electron chi connectivity index (χ4n) is 0.478.